The standard InChI is InChI=1S/C33H32N2O9S2/c1-6-44-33(37)28-27(20-13-15-23(41-3)25(18-20)43-5)29(46(38,39)21-10-8-7-9-11-21)30(34)35-31(36)26(45-32(28)35)17-19-12-14-22(40-2)24(16-19)42-4/h7-18,27H,6,34H2,1-5H3/b26-17-/t27-/m0/s1. The predicted molar refractivity (Wildman–Crippen MR) is 174 cm³/mol. The van der Waals surface area contributed by atoms with Crippen molar-refractivity contribution in [2.45, 2.75) is 17.7 Å². The van der Waals surface area contributed by atoms with Crippen LogP contribution in [0.5, 0.6) is 23.0 Å². The molecular weight excluding hydrogens is 633 g/mol. The molecule has 0 bridgehead atoms. The molecule has 3 aromatic carbocycles. The fourth-order valence-electron chi connectivity index (χ4n) is 5.27. The van der Waals surface area contributed by atoms with E-state index in [1.54, 1.807) is 67.6 Å². The summed E-state index contributed by atoms with van der Waals surface area (Å²) in [6, 6.07) is 17.6. The molecule has 0 saturated carbocycles. The number of rotatable bonds is 10. The Morgan fingerprint density at radius 2 is 1.50 bits per heavy atom. The number of carbonyl (C=O) groups is 1. The quantitative estimate of drug-likeness (QED) is 0.251. The third-order valence-corrected chi connectivity index (χ3v) is 10.4. The summed E-state index contributed by atoms with van der Waals surface area (Å²) in [5, 5.41) is 0. The lowest BCUT2D eigenvalue weighted by atomic mass is 9.89. The van der Waals surface area contributed by atoms with E-state index >= 15 is 0 Å². The van der Waals surface area contributed by atoms with Crippen LogP contribution in [0, 0.1) is 0 Å². The summed E-state index contributed by atoms with van der Waals surface area (Å²) in [5.74, 6) is -0.765. The zero-order chi connectivity index (χ0) is 33.2. The SMILES string of the molecule is CCOC(=O)C1=c2s/c(=C\c3ccc(OC)c(OC)c3)c(=O)n2C(N)=C(S(=O)(=O)c2ccccc2)[C@H]1c1ccc(OC)c(OC)c1. The first-order valence-electron chi connectivity index (χ1n) is 14.0. The van der Waals surface area contributed by atoms with Crippen molar-refractivity contribution in [3.05, 3.63) is 102 Å². The van der Waals surface area contributed by atoms with Crippen molar-refractivity contribution >= 4 is 44.6 Å². The minimum absolute atomic E-state index is 0.00118. The smallest absolute Gasteiger partial charge is 0.338 e. The summed E-state index contributed by atoms with van der Waals surface area (Å²) < 4.78 is 57.4. The molecule has 0 spiro atoms. The minimum Gasteiger partial charge on any atom is -0.493 e. The van der Waals surface area contributed by atoms with Gasteiger partial charge in [0.2, 0.25) is 9.84 Å². The Kier molecular flexibility index (Phi) is 9.26. The van der Waals surface area contributed by atoms with Crippen LogP contribution in [0.2, 0.25) is 0 Å². The highest BCUT2D eigenvalue weighted by molar-refractivity contribution is 7.95. The average molecular weight is 665 g/mol. The van der Waals surface area contributed by atoms with Gasteiger partial charge < -0.3 is 29.4 Å². The summed E-state index contributed by atoms with van der Waals surface area (Å²) in [6.45, 7) is 1.64. The van der Waals surface area contributed by atoms with Crippen molar-refractivity contribution in [2.75, 3.05) is 35.0 Å². The van der Waals surface area contributed by atoms with Gasteiger partial charge in [0.15, 0.2) is 23.0 Å². The summed E-state index contributed by atoms with van der Waals surface area (Å²) in [5.41, 5.74) is 6.98. The van der Waals surface area contributed by atoms with E-state index in [0.717, 1.165) is 15.9 Å². The number of methoxy groups -OCH3 is 4. The lowest BCUT2D eigenvalue weighted by Crippen LogP contribution is -2.41. The van der Waals surface area contributed by atoms with Crippen molar-refractivity contribution in [2.24, 2.45) is 5.73 Å². The number of nitrogens with two attached hydrogens (primary N) is 1. The van der Waals surface area contributed by atoms with E-state index in [9.17, 15) is 18.0 Å². The molecule has 4 aromatic rings. The molecule has 0 amide bonds. The van der Waals surface area contributed by atoms with Gasteiger partial charge in [-0.1, -0.05) is 30.3 Å². The molecule has 0 fully saturated rings. The van der Waals surface area contributed by atoms with E-state index in [4.69, 9.17) is 29.4 Å². The Labute approximate surface area is 269 Å². The Hall–Kier alpha value is -5.01. The highest BCUT2D eigenvalue weighted by Crippen LogP contribution is 2.44. The predicted octanol–water partition coefficient (Wildman–Crippen LogP) is 2.84. The van der Waals surface area contributed by atoms with Crippen LogP contribution in [0.4, 0.5) is 0 Å². The van der Waals surface area contributed by atoms with Crippen molar-refractivity contribution in [3.8, 4) is 23.0 Å². The second-order valence-corrected chi connectivity index (χ2v) is 12.9. The number of benzene rings is 3. The van der Waals surface area contributed by atoms with Crippen LogP contribution in [0.3, 0.4) is 0 Å². The van der Waals surface area contributed by atoms with Crippen LogP contribution in [0.25, 0.3) is 17.5 Å². The molecule has 0 radical (unpaired) electrons. The van der Waals surface area contributed by atoms with Crippen molar-refractivity contribution in [1.82, 2.24) is 4.57 Å². The highest BCUT2D eigenvalue weighted by atomic mass is 32.2. The first-order valence-corrected chi connectivity index (χ1v) is 16.3. The molecule has 5 rings (SSSR count). The molecule has 46 heavy (non-hydrogen) atoms. The average Bonchev–Trinajstić information content (AvgIpc) is 3.39. The number of carbonyl (C=O) groups excluding carboxylic acids is 1. The number of ether oxygens (including phenoxy) is 5. The van der Waals surface area contributed by atoms with Gasteiger partial charge in [-0.2, -0.15) is 0 Å². The fraction of sp³-hybridized carbons (Fsp3) is 0.212. The zero-order valence-corrected chi connectivity index (χ0v) is 27.4. The molecule has 1 aliphatic rings. The van der Waals surface area contributed by atoms with Gasteiger partial charge in [0, 0.05) is 0 Å². The van der Waals surface area contributed by atoms with E-state index in [2.05, 4.69) is 0 Å². The van der Waals surface area contributed by atoms with Gasteiger partial charge in [-0.05, 0) is 60.5 Å². The number of allylic oxidation sites excluding steroid dienone is 1. The first-order chi connectivity index (χ1) is 22.1. The molecule has 1 atom stereocenters. The van der Waals surface area contributed by atoms with Gasteiger partial charge in [-0.25, -0.2) is 13.2 Å². The fourth-order valence-corrected chi connectivity index (χ4v) is 8.14. The largest absolute Gasteiger partial charge is 0.493 e. The topological polar surface area (TPSA) is 145 Å². The molecule has 0 unspecified atom stereocenters. The van der Waals surface area contributed by atoms with E-state index in [1.807, 2.05) is 0 Å². The number of hydrogen-bond acceptors (Lipinski definition) is 11. The lowest BCUT2D eigenvalue weighted by Gasteiger charge is -2.28. The van der Waals surface area contributed by atoms with Crippen molar-refractivity contribution in [3.63, 3.8) is 0 Å². The molecule has 240 valence electrons. The van der Waals surface area contributed by atoms with Crippen LogP contribution in [0.1, 0.15) is 24.0 Å². The molecule has 11 nitrogen and oxygen atoms in total. The van der Waals surface area contributed by atoms with Gasteiger partial charge >= 0.3 is 5.97 Å². The molecule has 13 heteroatoms. The van der Waals surface area contributed by atoms with Gasteiger partial charge in [0.05, 0.1) is 56.0 Å². The summed E-state index contributed by atoms with van der Waals surface area (Å²) in [4.78, 5) is 27.5. The van der Waals surface area contributed by atoms with Crippen molar-refractivity contribution < 1.29 is 36.9 Å². The van der Waals surface area contributed by atoms with Crippen LogP contribution in [-0.2, 0) is 19.4 Å². The molecule has 1 aromatic heterocycles. The highest BCUT2D eigenvalue weighted by Gasteiger charge is 2.42. The van der Waals surface area contributed by atoms with E-state index in [1.165, 1.54) is 40.6 Å². The molecule has 0 saturated heterocycles. The molecule has 2 N–H and O–H groups in total. The maximum absolute atomic E-state index is 14.4. The van der Waals surface area contributed by atoms with Gasteiger partial charge in [-0.15, -0.1) is 11.3 Å². The molecular formula is C33H32N2O9S2. The number of thiazole rings is 1. The van der Waals surface area contributed by atoms with Crippen LogP contribution in [-0.4, -0.2) is 54.0 Å². The van der Waals surface area contributed by atoms with E-state index < -0.39 is 27.3 Å². The Balaban J connectivity index is 1.91. The molecule has 1 aliphatic heterocycles. The second-order valence-electron chi connectivity index (χ2n) is 9.92. The number of nitrogens with zero attached hydrogens (tertiary/aromatic N) is 1. The normalized spacial score (nSPS) is 14.9. The van der Waals surface area contributed by atoms with E-state index in [-0.39, 0.29) is 37.0 Å². The number of sulfone groups is 1. The summed E-state index contributed by atoms with van der Waals surface area (Å²) >= 11 is 0.991. The Morgan fingerprint density at radius 3 is 2.11 bits per heavy atom. The number of hydrogen-bond donors (Lipinski definition) is 1. The third kappa shape index (κ3) is 5.63. The Bertz CT molecular complexity index is 2130. The maximum Gasteiger partial charge on any atom is 0.338 e. The first kappa shape index (κ1) is 32.4. The number of esters is 1. The van der Waals surface area contributed by atoms with Crippen LogP contribution >= 0.6 is 11.3 Å². The van der Waals surface area contributed by atoms with Crippen LogP contribution in [0.15, 0.2) is 81.3 Å². The minimum atomic E-state index is -4.39. The molecule has 0 aliphatic carbocycles. The van der Waals surface area contributed by atoms with E-state index in [0.29, 0.717) is 34.1 Å². The second kappa shape index (κ2) is 13.2. The van der Waals surface area contributed by atoms with Crippen LogP contribution < -0.4 is 39.4 Å². The van der Waals surface area contributed by atoms with Gasteiger partial charge in [-0.3, -0.25) is 9.36 Å². The monoisotopic (exact) mass is 664 g/mol. The summed E-state index contributed by atoms with van der Waals surface area (Å²) in [7, 11) is 1.53. The third-order valence-electron chi connectivity index (χ3n) is 7.38. The molecule has 2 heterocycles. The number of aromatic nitrogens is 1. The zero-order valence-electron chi connectivity index (χ0n) is 25.7. The number of fused-ring (bicyclic) bond motifs is 1. The van der Waals surface area contributed by atoms with Crippen molar-refractivity contribution in [1.29, 1.82) is 0 Å². The van der Waals surface area contributed by atoms with Gasteiger partial charge in [0.25, 0.3) is 5.56 Å². The van der Waals surface area contributed by atoms with Gasteiger partial charge in [0.1, 0.15) is 15.4 Å². The Morgan fingerprint density at radius 1 is 0.891 bits per heavy atom. The summed E-state index contributed by atoms with van der Waals surface area (Å²) in [6.07, 6.45) is 1.60. The maximum atomic E-state index is 14.4. The lowest BCUT2D eigenvalue weighted by molar-refractivity contribution is -0.136.